The smallest absolute Gasteiger partial charge is 0.268 e. The summed E-state index contributed by atoms with van der Waals surface area (Å²) in [6, 6.07) is 10.5. The highest BCUT2D eigenvalue weighted by Crippen LogP contribution is 2.34. The molecule has 3 rings (SSSR count). The molecule has 0 aliphatic rings. The summed E-state index contributed by atoms with van der Waals surface area (Å²) in [6.07, 6.45) is 1.46. The average molecular weight is 321 g/mol. The molecule has 2 aromatic carbocycles. The van der Waals surface area contributed by atoms with Crippen LogP contribution in [0.25, 0.3) is 11.0 Å². The van der Waals surface area contributed by atoms with Gasteiger partial charge >= 0.3 is 0 Å². The SMILES string of the molecule is COc1c(Cl)ccc(Cl)c1C(=O)n1cnc2ccccc21. The van der Waals surface area contributed by atoms with Gasteiger partial charge in [-0.05, 0) is 24.3 Å². The van der Waals surface area contributed by atoms with Gasteiger partial charge in [-0.1, -0.05) is 35.3 Å². The van der Waals surface area contributed by atoms with Gasteiger partial charge in [0.25, 0.3) is 5.91 Å². The number of carbonyl (C=O) groups excluding carboxylic acids is 1. The number of ether oxygens (including phenoxy) is 1. The molecule has 0 saturated carbocycles. The molecule has 0 N–H and O–H groups in total. The number of rotatable bonds is 2. The number of benzene rings is 2. The Morgan fingerprint density at radius 3 is 2.62 bits per heavy atom. The van der Waals surface area contributed by atoms with Crippen molar-refractivity contribution in [1.29, 1.82) is 0 Å². The number of nitrogens with zero attached hydrogens (tertiary/aromatic N) is 2. The summed E-state index contributed by atoms with van der Waals surface area (Å²) in [5.41, 5.74) is 1.64. The number of aromatic nitrogens is 2. The molecular weight excluding hydrogens is 311 g/mol. The predicted octanol–water partition coefficient (Wildman–Crippen LogP) is 4.04. The maximum atomic E-state index is 12.8. The Bertz CT molecular complexity index is 843. The van der Waals surface area contributed by atoms with E-state index in [4.69, 9.17) is 27.9 Å². The lowest BCUT2D eigenvalue weighted by atomic mass is 10.1. The highest BCUT2D eigenvalue weighted by Gasteiger charge is 2.22. The number of hydrogen-bond donors (Lipinski definition) is 0. The third-order valence-electron chi connectivity index (χ3n) is 3.15. The minimum atomic E-state index is -0.340. The second-order valence-corrected chi connectivity index (χ2v) is 5.16. The summed E-state index contributed by atoms with van der Waals surface area (Å²) in [7, 11) is 1.44. The van der Waals surface area contributed by atoms with E-state index in [9.17, 15) is 4.79 Å². The zero-order chi connectivity index (χ0) is 15.0. The first-order valence-electron chi connectivity index (χ1n) is 6.12. The van der Waals surface area contributed by atoms with Crippen LogP contribution >= 0.6 is 23.2 Å². The number of carbonyl (C=O) groups is 1. The van der Waals surface area contributed by atoms with Crippen molar-refractivity contribution in [2.45, 2.75) is 0 Å². The monoisotopic (exact) mass is 320 g/mol. The van der Waals surface area contributed by atoms with Crippen LogP contribution < -0.4 is 4.74 Å². The highest BCUT2D eigenvalue weighted by atomic mass is 35.5. The highest BCUT2D eigenvalue weighted by molar-refractivity contribution is 6.37. The molecule has 0 amide bonds. The number of hydrogen-bond acceptors (Lipinski definition) is 3. The van der Waals surface area contributed by atoms with Crippen molar-refractivity contribution < 1.29 is 9.53 Å². The van der Waals surface area contributed by atoms with Gasteiger partial charge in [-0.3, -0.25) is 9.36 Å². The van der Waals surface area contributed by atoms with E-state index in [1.54, 1.807) is 12.1 Å². The Hall–Kier alpha value is -2.04. The summed E-state index contributed by atoms with van der Waals surface area (Å²) in [5.74, 6) is -0.0833. The molecule has 6 heteroatoms. The first-order chi connectivity index (χ1) is 10.1. The normalized spacial score (nSPS) is 10.8. The number of para-hydroxylation sites is 2. The largest absolute Gasteiger partial charge is 0.494 e. The van der Waals surface area contributed by atoms with Crippen molar-refractivity contribution in [3.8, 4) is 5.75 Å². The van der Waals surface area contributed by atoms with Crippen LogP contribution in [0.1, 0.15) is 10.4 Å². The van der Waals surface area contributed by atoms with Crippen LogP contribution in [0, 0.1) is 0 Å². The van der Waals surface area contributed by atoms with E-state index in [1.807, 2.05) is 24.3 Å². The molecule has 0 bridgehead atoms. The van der Waals surface area contributed by atoms with E-state index in [0.717, 1.165) is 5.52 Å². The third kappa shape index (κ3) is 2.26. The summed E-state index contributed by atoms with van der Waals surface area (Å²) in [6.45, 7) is 0. The van der Waals surface area contributed by atoms with Crippen molar-refractivity contribution in [3.63, 3.8) is 0 Å². The summed E-state index contributed by atoms with van der Waals surface area (Å²) in [5, 5.41) is 0.605. The molecule has 3 aromatic rings. The Labute approximate surface area is 130 Å². The zero-order valence-corrected chi connectivity index (χ0v) is 12.5. The van der Waals surface area contributed by atoms with Gasteiger partial charge in [-0.2, -0.15) is 0 Å². The summed E-state index contributed by atoms with van der Waals surface area (Å²) in [4.78, 5) is 17.0. The minimum Gasteiger partial charge on any atom is -0.494 e. The van der Waals surface area contributed by atoms with Crippen molar-refractivity contribution in [2.75, 3.05) is 7.11 Å². The molecule has 0 radical (unpaired) electrons. The lowest BCUT2D eigenvalue weighted by Gasteiger charge is -2.11. The van der Waals surface area contributed by atoms with Crippen LogP contribution in [0.2, 0.25) is 10.0 Å². The number of fused-ring (bicyclic) bond motifs is 1. The van der Waals surface area contributed by atoms with Gasteiger partial charge in [0.05, 0.1) is 28.2 Å². The molecule has 0 unspecified atom stereocenters. The van der Waals surface area contributed by atoms with Gasteiger partial charge in [-0.15, -0.1) is 0 Å². The minimum absolute atomic E-state index is 0.217. The molecule has 4 nitrogen and oxygen atoms in total. The maximum absolute atomic E-state index is 12.8. The molecule has 0 spiro atoms. The zero-order valence-electron chi connectivity index (χ0n) is 11.0. The average Bonchev–Trinajstić information content (AvgIpc) is 2.92. The van der Waals surface area contributed by atoms with E-state index in [2.05, 4.69) is 4.98 Å². The Morgan fingerprint density at radius 2 is 1.86 bits per heavy atom. The van der Waals surface area contributed by atoms with Crippen LogP contribution in [-0.2, 0) is 0 Å². The van der Waals surface area contributed by atoms with E-state index in [0.29, 0.717) is 10.5 Å². The second kappa shape index (κ2) is 5.39. The number of imidazole rings is 1. The quantitative estimate of drug-likeness (QED) is 0.715. The lowest BCUT2D eigenvalue weighted by molar-refractivity contribution is 0.0961. The van der Waals surface area contributed by atoms with E-state index in [1.165, 1.54) is 18.0 Å². The van der Waals surface area contributed by atoms with E-state index >= 15 is 0 Å². The van der Waals surface area contributed by atoms with Crippen molar-refractivity contribution in [3.05, 3.63) is 58.3 Å². The molecule has 0 fully saturated rings. The molecule has 21 heavy (non-hydrogen) atoms. The molecule has 1 heterocycles. The fraction of sp³-hybridized carbons (Fsp3) is 0.0667. The van der Waals surface area contributed by atoms with E-state index in [-0.39, 0.29) is 22.2 Å². The molecule has 0 atom stereocenters. The molecule has 0 aliphatic carbocycles. The van der Waals surface area contributed by atoms with Gasteiger partial charge in [0, 0.05) is 0 Å². The second-order valence-electron chi connectivity index (χ2n) is 4.35. The van der Waals surface area contributed by atoms with Crippen LogP contribution in [0.4, 0.5) is 0 Å². The predicted molar refractivity (Wildman–Crippen MR) is 82.5 cm³/mol. The van der Waals surface area contributed by atoms with Gasteiger partial charge < -0.3 is 4.74 Å². The Kier molecular flexibility index (Phi) is 3.57. The van der Waals surface area contributed by atoms with Gasteiger partial charge in [0.2, 0.25) is 0 Å². The maximum Gasteiger partial charge on any atom is 0.268 e. The van der Waals surface area contributed by atoms with Crippen LogP contribution in [-0.4, -0.2) is 22.6 Å². The first-order valence-corrected chi connectivity index (χ1v) is 6.88. The van der Waals surface area contributed by atoms with Gasteiger partial charge in [-0.25, -0.2) is 4.98 Å². The van der Waals surface area contributed by atoms with Crippen LogP contribution in [0.5, 0.6) is 5.75 Å². The molecule has 106 valence electrons. The van der Waals surface area contributed by atoms with Crippen molar-refractivity contribution >= 4 is 40.1 Å². The first kappa shape index (κ1) is 13.9. The fourth-order valence-corrected chi connectivity index (χ4v) is 2.64. The topological polar surface area (TPSA) is 44.1 Å². The van der Waals surface area contributed by atoms with Crippen LogP contribution in [0.15, 0.2) is 42.7 Å². The Morgan fingerprint density at radius 1 is 1.14 bits per heavy atom. The third-order valence-corrected chi connectivity index (χ3v) is 3.76. The molecule has 1 aromatic heterocycles. The van der Waals surface area contributed by atoms with Crippen LogP contribution in [0.3, 0.4) is 0 Å². The molecule has 0 aliphatic heterocycles. The number of methoxy groups -OCH3 is 1. The van der Waals surface area contributed by atoms with E-state index < -0.39 is 0 Å². The lowest BCUT2D eigenvalue weighted by Crippen LogP contribution is -2.13. The van der Waals surface area contributed by atoms with Gasteiger partial charge in [0.1, 0.15) is 11.9 Å². The fourth-order valence-electron chi connectivity index (χ4n) is 2.17. The summed E-state index contributed by atoms with van der Waals surface area (Å²) >= 11 is 12.2. The number of halogens is 2. The van der Waals surface area contributed by atoms with Gasteiger partial charge in [0.15, 0.2) is 5.75 Å². The van der Waals surface area contributed by atoms with Crippen molar-refractivity contribution in [2.24, 2.45) is 0 Å². The molecular formula is C15H10Cl2N2O2. The van der Waals surface area contributed by atoms with Crippen molar-refractivity contribution in [1.82, 2.24) is 9.55 Å². The molecule has 0 saturated heterocycles. The Balaban J connectivity index is 2.22. The standard InChI is InChI=1S/C15H10Cl2N2O2/c1-21-14-10(17)7-6-9(16)13(14)15(20)19-8-18-11-4-2-3-5-12(11)19/h2-8H,1H3. The summed E-state index contributed by atoms with van der Waals surface area (Å²) < 4.78 is 6.64.